The van der Waals surface area contributed by atoms with E-state index in [9.17, 15) is 10.2 Å². The first kappa shape index (κ1) is 23.5. The van der Waals surface area contributed by atoms with E-state index in [4.69, 9.17) is 26.5 Å². The van der Waals surface area contributed by atoms with Crippen LogP contribution in [0.4, 0.5) is 6.01 Å². The molecule has 9 atom stereocenters. The highest BCUT2D eigenvalue weighted by molar-refractivity contribution is 6.25. The van der Waals surface area contributed by atoms with Crippen molar-refractivity contribution >= 4 is 34.3 Å². The molecule has 2 aromatic rings. The third kappa shape index (κ3) is 2.76. The third-order valence-electron chi connectivity index (χ3n) is 10.9. The molecule has 7 nitrogen and oxygen atoms in total. The molecule has 0 radical (unpaired) electrons. The fraction of sp³-hybridized carbons (Fsp3) is 0.679. The van der Waals surface area contributed by atoms with Gasteiger partial charge in [0.1, 0.15) is 5.52 Å². The first-order valence-corrected chi connectivity index (χ1v) is 13.7. The van der Waals surface area contributed by atoms with Crippen molar-refractivity contribution in [1.82, 2.24) is 9.88 Å². The summed E-state index contributed by atoms with van der Waals surface area (Å²) in [4.78, 5) is 5.84. The van der Waals surface area contributed by atoms with Crippen molar-refractivity contribution in [3.8, 4) is 0 Å². The molecule has 2 spiro atoms. The molecular weight excluding hydrogens is 478 g/mol. The Morgan fingerprint density at radius 2 is 1.92 bits per heavy atom. The van der Waals surface area contributed by atoms with Gasteiger partial charge in [0.25, 0.3) is 6.01 Å². The number of benzene rings is 1. The van der Waals surface area contributed by atoms with E-state index in [1.54, 1.807) is 0 Å². The molecule has 0 amide bonds. The number of nitrogen functional groups attached to an aromatic ring is 1. The van der Waals surface area contributed by atoms with Crippen LogP contribution in [0.2, 0.25) is 0 Å². The van der Waals surface area contributed by atoms with Crippen LogP contribution >= 0.6 is 11.6 Å². The number of oxazole rings is 1. The molecule has 8 heteroatoms. The van der Waals surface area contributed by atoms with Gasteiger partial charge in [-0.1, -0.05) is 19.1 Å². The Hall–Kier alpha value is -1.64. The van der Waals surface area contributed by atoms with Gasteiger partial charge in [-0.25, -0.2) is 0 Å². The predicted octanol–water partition coefficient (Wildman–Crippen LogP) is 3.95. The van der Waals surface area contributed by atoms with Crippen LogP contribution in [0, 0.1) is 17.3 Å². The average molecular weight is 514 g/mol. The van der Waals surface area contributed by atoms with E-state index in [1.165, 1.54) is 5.57 Å². The van der Waals surface area contributed by atoms with E-state index in [1.807, 2.05) is 25.1 Å². The Balaban J connectivity index is 1.27. The van der Waals surface area contributed by atoms with Crippen LogP contribution in [0.3, 0.4) is 0 Å². The number of allylic oxidation sites excluding steroid dienone is 2. The molecule has 3 heterocycles. The summed E-state index contributed by atoms with van der Waals surface area (Å²) >= 11 is 7.60. The minimum absolute atomic E-state index is 0.0759. The average Bonchev–Trinajstić information content (AvgIpc) is 3.49. The number of anilines is 1. The minimum Gasteiger partial charge on any atom is -0.424 e. The summed E-state index contributed by atoms with van der Waals surface area (Å²) in [6.07, 6.45) is 6.66. The maximum absolute atomic E-state index is 11.3. The zero-order valence-electron chi connectivity index (χ0n) is 21.2. The van der Waals surface area contributed by atoms with Crippen molar-refractivity contribution in [1.29, 1.82) is 0 Å². The first-order valence-electron chi connectivity index (χ1n) is 13.3. The smallest absolute Gasteiger partial charge is 0.292 e. The fourth-order valence-electron chi connectivity index (χ4n) is 9.12. The van der Waals surface area contributed by atoms with Gasteiger partial charge in [0, 0.05) is 17.9 Å². The van der Waals surface area contributed by atoms with Crippen LogP contribution in [-0.4, -0.2) is 68.5 Å². The number of nitrogens with zero attached hydrogens (tertiary/aromatic N) is 2. The van der Waals surface area contributed by atoms with E-state index in [-0.39, 0.29) is 29.3 Å². The Bertz CT molecular complexity index is 1280. The number of hydrogen-bond donors (Lipinski definition) is 3. The lowest BCUT2D eigenvalue weighted by Gasteiger charge is -2.65. The molecule has 1 aromatic heterocycles. The third-order valence-corrected chi connectivity index (χ3v) is 11.6. The SMILES string of the molecule is CN(C)[C@H]1C[C@@]23CC[C@]4(O2)C2CC=C(c5ccc6oc(N)nc6c5)[C@@]2(C)CCC4(Cl)CC3[C@@H](O)[C@@H]1O. The van der Waals surface area contributed by atoms with Crippen LogP contribution in [0.5, 0.6) is 0 Å². The molecule has 5 aliphatic rings. The van der Waals surface area contributed by atoms with Crippen molar-refractivity contribution < 1.29 is 19.4 Å². The van der Waals surface area contributed by atoms with Gasteiger partial charge in [-0.2, -0.15) is 4.98 Å². The number of ether oxygens (including phenoxy) is 1. The Kier molecular flexibility index (Phi) is 4.74. The highest BCUT2D eigenvalue weighted by Gasteiger charge is 2.76. The fourth-order valence-corrected chi connectivity index (χ4v) is 9.65. The van der Waals surface area contributed by atoms with Crippen molar-refractivity contribution in [2.24, 2.45) is 17.3 Å². The number of aliphatic hydroxyl groups is 2. The van der Waals surface area contributed by atoms with Crippen molar-refractivity contribution in [2.45, 2.75) is 86.2 Å². The summed E-state index contributed by atoms with van der Waals surface area (Å²) in [6.45, 7) is 2.38. The van der Waals surface area contributed by atoms with Gasteiger partial charge in [0.15, 0.2) is 5.58 Å². The Morgan fingerprint density at radius 3 is 2.69 bits per heavy atom. The normalized spacial score (nSPS) is 47.5. The van der Waals surface area contributed by atoms with Gasteiger partial charge < -0.3 is 30.0 Å². The molecule has 194 valence electrons. The monoisotopic (exact) mass is 513 g/mol. The molecule has 3 aliphatic carbocycles. The van der Waals surface area contributed by atoms with Crippen LogP contribution in [0.1, 0.15) is 57.4 Å². The summed E-state index contributed by atoms with van der Waals surface area (Å²) < 4.78 is 12.8. The second kappa shape index (κ2) is 7.26. The maximum atomic E-state index is 11.3. The molecule has 2 saturated heterocycles. The number of fused-ring (bicyclic) bond motifs is 2. The van der Waals surface area contributed by atoms with E-state index >= 15 is 0 Å². The van der Waals surface area contributed by atoms with Gasteiger partial charge in [0.05, 0.1) is 28.3 Å². The number of rotatable bonds is 2. The van der Waals surface area contributed by atoms with Crippen LogP contribution in [-0.2, 0) is 4.74 Å². The van der Waals surface area contributed by atoms with Gasteiger partial charge >= 0.3 is 0 Å². The molecule has 3 unspecified atom stereocenters. The van der Waals surface area contributed by atoms with E-state index < -0.39 is 28.3 Å². The highest BCUT2D eigenvalue weighted by atomic mass is 35.5. The van der Waals surface area contributed by atoms with Gasteiger partial charge in [-0.05, 0) is 87.7 Å². The van der Waals surface area contributed by atoms with Crippen LogP contribution in [0.15, 0.2) is 28.7 Å². The Morgan fingerprint density at radius 1 is 1.11 bits per heavy atom. The molecule has 1 aromatic carbocycles. The van der Waals surface area contributed by atoms with E-state index in [2.05, 4.69) is 30.1 Å². The second-order valence-electron chi connectivity index (χ2n) is 12.6. The van der Waals surface area contributed by atoms with E-state index in [0.717, 1.165) is 49.6 Å². The number of halogens is 1. The lowest BCUT2D eigenvalue weighted by molar-refractivity contribution is -0.276. The van der Waals surface area contributed by atoms with Gasteiger partial charge in [0.2, 0.25) is 0 Å². The van der Waals surface area contributed by atoms with Crippen molar-refractivity contribution in [3.63, 3.8) is 0 Å². The van der Waals surface area contributed by atoms with E-state index in [0.29, 0.717) is 12.0 Å². The molecule has 2 aliphatic heterocycles. The quantitative estimate of drug-likeness (QED) is 0.522. The summed E-state index contributed by atoms with van der Waals surface area (Å²) in [5.74, 6) is 0.112. The highest BCUT2D eigenvalue weighted by Crippen LogP contribution is 2.73. The molecule has 2 bridgehead atoms. The molecular formula is C28H36ClN3O4. The van der Waals surface area contributed by atoms with Gasteiger partial charge in [-0.15, -0.1) is 11.6 Å². The standard InChI is InChI=1S/C28H36ClN3O4/c1-25-8-10-27(29)13-17-22(33)23(34)19(32(2)3)14-26(17)9-11-28(27,36-26)21(25)7-5-16(25)15-4-6-20-18(12-15)31-24(30)35-20/h4-6,12,17,19,21-23,33-34H,7-11,13-14H2,1-3H3,(H2,30,31)/t17?,19-,21?,22+,23+,25+,26+,27?,28-/m0/s1. The number of nitrogens with two attached hydrogens (primary N) is 1. The number of alkyl halides is 1. The van der Waals surface area contributed by atoms with Gasteiger partial charge in [-0.3, -0.25) is 0 Å². The Labute approximate surface area is 216 Å². The molecule has 2 saturated carbocycles. The molecule has 36 heavy (non-hydrogen) atoms. The number of likely N-dealkylation sites (N-methyl/N-ethyl adjacent to an activating group) is 1. The zero-order chi connectivity index (χ0) is 25.3. The molecule has 4 fully saturated rings. The number of aromatic nitrogens is 1. The van der Waals surface area contributed by atoms with Crippen molar-refractivity contribution in [2.75, 3.05) is 19.8 Å². The molecule has 7 rings (SSSR count). The minimum atomic E-state index is -0.829. The maximum Gasteiger partial charge on any atom is 0.292 e. The number of aliphatic hydroxyl groups excluding tert-OH is 2. The summed E-state index contributed by atoms with van der Waals surface area (Å²) in [6, 6.07) is 6.21. The zero-order valence-corrected chi connectivity index (χ0v) is 22.0. The van der Waals surface area contributed by atoms with Crippen LogP contribution in [0.25, 0.3) is 16.7 Å². The topological polar surface area (TPSA) is 105 Å². The van der Waals surface area contributed by atoms with Crippen molar-refractivity contribution in [3.05, 3.63) is 29.8 Å². The number of hydrogen-bond acceptors (Lipinski definition) is 7. The predicted molar refractivity (Wildman–Crippen MR) is 138 cm³/mol. The lowest BCUT2D eigenvalue weighted by atomic mass is 9.52. The molecule has 4 N–H and O–H groups in total. The summed E-state index contributed by atoms with van der Waals surface area (Å²) in [5.41, 5.74) is 8.80. The first-order chi connectivity index (χ1) is 17.0. The second-order valence-corrected chi connectivity index (χ2v) is 13.3. The summed E-state index contributed by atoms with van der Waals surface area (Å²) in [7, 11) is 3.95. The van der Waals surface area contributed by atoms with Crippen LogP contribution < -0.4 is 5.73 Å². The summed E-state index contributed by atoms with van der Waals surface area (Å²) in [5, 5.41) is 22.2. The lowest BCUT2D eigenvalue weighted by Crippen LogP contribution is -2.72. The largest absolute Gasteiger partial charge is 0.424 e.